The molecule has 0 unspecified atom stereocenters. The van der Waals surface area contributed by atoms with Crippen LogP contribution in [0.15, 0.2) is 18.2 Å². The number of carbonyl (C=O) groups is 1. The van der Waals surface area contributed by atoms with E-state index in [9.17, 15) is 14.3 Å². The lowest BCUT2D eigenvalue weighted by atomic mass is 9.87. The minimum atomic E-state index is -0.467. The number of hydrogen-bond acceptors (Lipinski definition) is 3. The molecule has 1 aromatic rings. The van der Waals surface area contributed by atoms with Crippen molar-refractivity contribution in [2.45, 2.75) is 32.1 Å². The maximum atomic E-state index is 13.6. The number of ether oxygens (including phenoxy) is 1. The Hall–Kier alpha value is -1.62. The van der Waals surface area contributed by atoms with Crippen molar-refractivity contribution in [2.24, 2.45) is 5.41 Å². The maximum absolute atomic E-state index is 13.6. The standard InChI is InChI=1S/C16H22FNO3/c1-21-14-5-4-12(8-13(14)17)9-15(20)18-10-16(11-19)6-2-3-7-16/h4-5,8,19H,2-3,6-7,9-11H2,1H3,(H,18,20). The Balaban J connectivity index is 1.88. The molecule has 1 saturated carbocycles. The topological polar surface area (TPSA) is 58.6 Å². The van der Waals surface area contributed by atoms with Crippen molar-refractivity contribution in [3.8, 4) is 5.75 Å². The number of aliphatic hydroxyl groups is 1. The van der Waals surface area contributed by atoms with Crippen LogP contribution >= 0.6 is 0 Å². The molecule has 0 atom stereocenters. The molecule has 2 rings (SSSR count). The van der Waals surface area contributed by atoms with E-state index in [-0.39, 0.29) is 30.1 Å². The lowest BCUT2D eigenvalue weighted by Gasteiger charge is -2.26. The Labute approximate surface area is 124 Å². The van der Waals surface area contributed by atoms with Crippen LogP contribution in [0.2, 0.25) is 0 Å². The van der Waals surface area contributed by atoms with Gasteiger partial charge in [0.15, 0.2) is 11.6 Å². The Kier molecular flexibility index (Phi) is 5.17. The second-order valence-electron chi connectivity index (χ2n) is 5.79. The highest BCUT2D eigenvalue weighted by atomic mass is 19.1. The van der Waals surface area contributed by atoms with Gasteiger partial charge in [0.1, 0.15) is 0 Å². The first kappa shape index (κ1) is 15.8. The summed E-state index contributed by atoms with van der Waals surface area (Å²) in [5.74, 6) is -0.450. The van der Waals surface area contributed by atoms with E-state index < -0.39 is 5.82 Å². The second kappa shape index (κ2) is 6.89. The van der Waals surface area contributed by atoms with Gasteiger partial charge in [0.25, 0.3) is 0 Å². The van der Waals surface area contributed by atoms with Gasteiger partial charge in [-0.2, -0.15) is 0 Å². The number of aliphatic hydroxyl groups excluding tert-OH is 1. The molecule has 116 valence electrons. The highest BCUT2D eigenvalue weighted by Gasteiger charge is 2.33. The SMILES string of the molecule is COc1ccc(CC(=O)NCC2(CO)CCCC2)cc1F. The van der Waals surface area contributed by atoms with Gasteiger partial charge in [-0.3, -0.25) is 4.79 Å². The van der Waals surface area contributed by atoms with Gasteiger partial charge < -0.3 is 15.2 Å². The van der Waals surface area contributed by atoms with Gasteiger partial charge in [0.2, 0.25) is 5.91 Å². The summed E-state index contributed by atoms with van der Waals surface area (Å²) >= 11 is 0. The molecule has 1 fully saturated rings. The fourth-order valence-electron chi connectivity index (χ4n) is 2.87. The summed E-state index contributed by atoms with van der Waals surface area (Å²) in [6, 6.07) is 4.51. The van der Waals surface area contributed by atoms with Gasteiger partial charge in [0.05, 0.1) is 20.1 Å². The molecule has 1 aliphatic carbocycles. The molecule has 0 saturated heterocycles. The average molecular weight is 295 g/mol. The number of benzene rings is 1. The summed E-state index contributed by atoms with van der Waals surface area (Å²) in [5.41, 5.74) is 0.441. The number of methoxy groups -OCH3 is 1. The Morgan fingerprint density at radius 1 is 1.43 bits per heavy atom. The van der Waals surface area contributed by atoms with Crippen LogP contribution in [0.5, 0.6) is 5.75 Å². The van der Waals surface area contributed by atoms with E-state index in [1.165, 1.54) is 19.2 Å². The van der Waals surface area contributed by atoms with Crippen molar-refractivity contribution in [2.75, 3.05) is 20.3 Å². The van der Waals surface area contributed by atoms with Crippen LogP contribution in [0, 0.1) is 11.2 Å². The summed E-state index contributed by atoms with van der Waals surface area (Å²) < 4.78 is 18.4. The fraction of sp³-hybridized carbons (Fsp3) is 0.562. The molecule has 5 heteroatoms. The van der Waals surface area contributed by atoms with Crippen LogP contribution in [-0.2, 0) is 11.2 Å². The summed E-state index contributed by atoms with van der Waals surface area (Å²) in [7, 11) is 1.40. The minimum absolute atomic E-state index is 0.102. The van der Waals surface area contributed by atoms with Crippen LogP contribution in [-0.4, -0.2) is 31.3 Å². The Bertz CT molecular complexity index is 498. The fourth-order valence-corrected chi connectivity index (χ4v) is 2.87. The van der Waals surface area contributed by atoms with Crippen LogP contribution in [0.3, 0.4) is 0 Å². The molecule has 1 aliphatic rings. The first-order valence-corrected chi connectivity index (χ1v) is 7.28. The van der Waals surface area contributed by atoms with Gasteiger partial charge in [-0.15, -0.1) is 0 Å². The normalized spacial score (nSPS) is 16.7. The predicted octanol–water partition coefficient (Wildman–Crippen LogP) is 2.05. The third-order valence-corrected chi connectivity index (χ3v) is 4.24. The highest BCUT2D eigenvalue weighted by Crippen LogP contribution is 2.36. The van der Waals surface area contributed by atoms with Crippen molar-refractivity contribution in [3.05, 3.63) is 29.6 Å². The smallest absolute Gasteiger partial charge is 0.224 e. The molecule has 0 radical (unpaired) electrons. The van der Waals surface area contributed by atoms with Crippen molar-refractivity contribution < 1.29 is 19.0 Å². The van der Waals surface area contributed by atoms with Gasteiger partial charge in [-0.05, 0) is 30.5 Å². The van der Waals surface area contributed by atoms with Crippen LogP contribution in [0.1, 0.15) is 31.2 Å². The zero-order valence-electron chi connectivity index (χ0n) is 12.3. The predicted molar refractivity (Wildman–Crippen MR) is 77.7 cm³/mol. The highest BCUT2D eigenvalue weighted by molar-refractivity contribution is 5.78. The summed E-state index contributed by atoms with van der Waals surface area (Å²) in [4.78, 5) is 11.9. The van der Waals surface area contributed by atoms with Gasteiger partial charge >= 0.3 is 0 Å². The maximum Gasteiger partial charge on any atom is 0.224 e. The Morgan fingerprint density at radius 3 is 2.71 bits per heavy atom. The zero-order valence-corrected chi connectivity index (χ0v) is 12.3. The third kappa shape index (κ3) is 3.94. The molecule has 4 nitrogen and oxygen atoms in total. The number of amides is 1. The van der Waals surface area contributed by atoms with Crippen molar-refractivity contribution in [1.82, 2.24) is 5.32 Å². The summed E-state index contributed by atoms with van der Waals surface area (Å²) in [6.45, 7) is 0.589. The van der Waals surface area contributed by atoms with E-state index in [0.717, 1.165) is 25.7 Å². The van der Waals surface area contributed by atoms with E-state index in [1.807, 2.05) is 0 Å². The van der Waals surface area contributed by atoms with Crippen LogP contribution in [0.25, 0.3) is 0 Å². The van der Waals surface area contributed by atoms with Gasteiger partial charge in [-0.1, -0.05) is 18.9 Å². The van der Waals surface area contributed by atoms with Crippen molar-refractivity contribution in [3.63, 3.8) is 0 Å². The zero-order chi connectivity index (χ0) is 15.3. The molecule has 2 N–H and O–H groups in total. The molecular formula is C16H22FNO3. The first-order valence-electron chi connectivity index (χ1n) is 7.28. The first-order chi connectivity index (χ1) is 10.1. The molecule has 0 spiro atoms. The molecule has 1 aromatic carbocycles. The van der Waals surface area contributed by atoms with E-state index in [2.05, 4.69) is 5.32 Å². The third-order valence-electron chi connectivity index (χ3n) is 4.24. The van der Waals surface area contributed by atoms with E-state index in [0.29, 0.717) is 12.1 Å². The number of nitrogens with one attached hydrogen (secondary N) is 1. The molecule has 21 heavy (non-hydrogen) atoms. The molecule has 0 heterocycles. The van der Waals surface area contributed by atoms with E-state index in [4.69, 9.17) is 4.74 Å². The van der Waals surface area contributed by atoms with Crippen LogP contribution in [0.4, 0.5) is 4.39 Å². The lowest BCUT2D eigenvalue weighted by Crippen LogP contribution is -2.38. The quantitative estimate of drug-likeness (QED) is 0.844. The van der Waals surface area contributed by atoms with Crippen molar-refractivity contribution in [1.29, 1.82) is 0 Å². The lowest BCUT2D eigenvalue weighted by molar-refractivity contribution is -0.121. The van der Waals surface area contributed by atoms with Gasteiger partial charge in [-0.25, -0.2) is 4.39 Å². The van der Waals surface area contributed by atoms with Crippen molar-refractivity contribution >= 4 is 5.91 Å². The average Bonchev–Trinajstić information content (AvgIpc) is 2.95. The number of rotatable bonds is 6. The number of halogens is 1. The van der Waals surface area contributed by atoms with Crippen LogP contribution < -0.4 is 10.1 Å². The largest absolute Gasteiger partial charge is 0.494 e. The van der Waals surface area contributed by atoms with Gasteiger partial charge in [0, 0.05) is 12.0 Å². The Morgan fingerprint density at radius 2 is 2.14 bits per heavy atom. The minimum Gasteiger partial charge on any atom is -0.494 e. The molecule has 0 aromatic heterocycles. The molecule has 0 bridgehead atoms. The monoisotopic (exact) mass is 295 g/mol. The van der Waals surface area contributed by atoms with E-state index >= 15 is 0 Å². The number of hydrogen-bond donors (Lipinski definition) is 2. The number of carbonyl (C=O) groups excluding carboxylic acids is 1. The summed E-state index contributed by atoms with van der Waals surface area (Å²) in [6.07, 6.45) is 4.21. The van der Waals surface area contributed by atoms with E-state index in [1.54, 1.807) is 6.07 Å². The summed E-state index contributed by atoms with van der Waals surface area (Å²) in [5, 5.41) is 12.4. The molecular weight excluding hydrogens is 273 g/mol. The second-order valence-corrected chi connectivity index (χ2v) is 5.79. The molecule has 0 aliphatic heterocycles. The molecule has 1 amide bonds.